The first-order valence-electron chi connectivity index (χ1n) is 7.18. The molecule has 3 rings (SSSR count). The van der Waals surface area contributed by atoms with Crippen molar-refractivity contribution in [3.63, 3.8) is 0 Å². The fourth-order valence-corrected chi connectivity index (χ4v) is 2.74. The summed E-state index contributed by atoms with van der Waals surface area (Å²) in [5, 5.41) is 16.7. The summed E-state index contributed by atoms with van der Waals surface area (Å²) in [4.78, 5) is 12.3. The van der Waals surface area contributed by atoms with Gasteiger partial charge in [-0.05, 0) is 24.8 Å². The van der Waals surface area contributed by atoms with E-state index in [9.17, 15) is 9.90 Å². The Hall–Kier alpha value is -2.28. The van der Waals surface area contributed by atoms with Crippen LogP contribution in [0.15, 0.2) is 28.9 Å². The lowest BCUT2D eigenvalue weighted by Crippen LogP contribution is -2.41. The highest BCUT2D eigenvalue weighted by molar-refractivity contribution is 5.91. The van der Waals surface area contributed by atoms with Crippen molar-refractivity contribution in [3.8, 4) is 5.95 Å². The zero-order valence-corrected chi connectivity index (χ0v) is 12.5. The Balaban J connectivity index is 1.76. The Bertz CT molecular complexity index is 657. The summed E-state index contributed by atoms with van der Waals surface area (Å²) < 4.78 is 11.9. The van der Waals surface area contributed by atoms with Crippen molar-refractivity contribution in [3.05, 3.63) is 35.9 Å². The van der Waals surface area contributed by atoms with Crippen LogP contribution in [0.1, 0.15) is 35.0 Å². The van der Waals surface area contributed by atoms with Crippen molar-refractivity contribution < 1.29 is 19.1 Å². The van der Waals surface area contributed by atoms with Crippen molar-refractivity contribution in [1.82, 2.24) is 15.1 Å². The maximum Gasteiger partial charge on any atom is 0.287 e. The van der Waals surface area contributed by atoms with Crippen LogP contribution in [-0.2, 0) is 7.05 Å². The van der Waals surface area contributed by atoms with Crippen LogP contribution < -0.4 is 10.1 Å². The Kier molecular flexibility index (Phi) is 3.89. The number of amides is 1. The molecule has 2 aromatic heterocycles. The van der Waals surface area contributed by atoms with Gasteiger partial charge in [-0.25, -0.2) is 0 Å². The lowest BCUT2D eigenvalue weighted by Gasteiger charge is -2.37. The molecule has 2 N–H and O–H groups in total. The van der Waals surface area contributed by atoms with Gasteiger partial charge in [-0.1, -0.05) is 0 Å². The van der Waals surface area contributed by atoms with Gasteiger partial charge in [0.2, 0.25) is 0 Å². The first-order chi connectivity index (χ1) is 10.6. The van der Waals surface area contributed by atoms with E-state index in [0.29, 0.717) is 18.8 Å². The molecule has 7 nitrogen and oxygen atoms in total. The van der Waals surface area contributed by atoms with E-state index in [1.165, 1.54) is 7.11 Å². The summed E-state index contributed by atoms with van der Waals surface area (Å²) >= 11 is 0. The number of aryl methyl sites for hydroxylation is 1. The fraction of sp³-hybridized carbons (Fsp3) is 0.467. The third-order valence-electron chi connectivity index (χ3n) is 4.00. The number of rotatable bonds is 5. The second kappa shape index (κ2) is 5.84. The van der Waals surface area contributed by atoms with Gasteiger partial charge >= 0.3 is 0 Å². The van der Waals surface area contributed by atoms with E-state index in [2.05, 4.69) is 10.4 Å². The molecule has 7 heteroatoms. The van der Waals surface area contributed by atoms with Gasteiger partial charge in [-0.15, -0.1) is 0 Å². The number of nitrogens with one attached hydrogen (secondary N) is 1. The van der Waals surface area contributed by atoms with Gasteiger partial charge in [-0.2, -0.15) is 5.10 Å². The van der Waals surface area contributed by atoms with Gasteiger partial charge in [0.1, 0.15) is 0 Å². The highest BCUT2D eigenvalue weighted by Crippen LogP contribution is 2.38. The van der Waals surface area contributed by atoms with Gasteiger partial charge in [0.05, 0.1) is 25.5 Å². The van der Waals surface area contributed by atoms with Gasteiger partial charge in [0, 0.05) is 24.9 Å². The quantitative estimate of drug-likeness (QED) is 0.868. The molecule has 0 aliphatic heterocycles. The number of hydrogen-bond donors (Lipinski definition) is 2. The van der Waals surface area contributed by atoms with Gasteiger partial charge in [0.25, 0.3) is 11.9 Å². The molecule has 0 saturated heterocycles. The predicted octanol–water partition coefficient (Wildman–Crippen LogP) is 1.26. The summed E-state index contributed by atoms with van der Waals surface area (Å²) in [7, 11) is 3.31. The monoisotopic (exact) mass is 305 g/mol. The van der Waals surface area contributed by atoms with Crippen LogP contribution >= 0.6 is 0 Å². The number of furan rings is 1. The minimum Gasteiger partial charge on any atom is -0.468 e. The van der Waals surface area contributed by atoms with Crippen LogP contribution in [0.25, 0.3) is 0 Å². The molecule has 0 radical (unpaired) electrons. The molecule has 0 bridgehead atoms. The summed E-state index contributed by atoms with van der Waals surface area (Å²) in [6.07, 6.45) is 4.66. The molecular formula is C15H19N3O4. The molecule has 22 heavy (non-hydrogen) atoms. The van der Waals surface area contributed by atoms with E-state index >= 15 is 0 Å². The second-order valence-corrected chi connectivity index (χ2v) is 5.61. The minimum absolute atomic E-state index is 0.194. The van der Waals surface area contributed by atoms with Crippen molar-refractivity contribution in [2.45, 2.75) is 25.0 Å². The van der Waals surface area contributed by atoms with Crippen molar-refractivity contribution >= 4 is 5.91 Å². The summed E-state index contributed by atoms with van der Waals surface area (Å²) in [6.45, 7) is 0. The van der Waals surface area contributed by atoms with Crippen LogP contribution in [0.5, 0.6) is 5.95 Å². The lowest BCUT2D eigenvalue weighted by molar-refractivity contribution is 0.0232. The Labute approximate surface area is 127 Å². The Morgan fingerprint density at radius 2 is 2.32 bits per heavy atom. The molecule has 1 amide bonds. The van der Waals surface area contributed by atoms with E-state index in [1.807, 2.05) is 13.2 Å². The largest absolute Gasteiger partial charge is 0.468 e. The molecule has 2 aromatic rings. The number of nitrogens with zero attached hydrogens (tertiary/aromatic N) is 2. The molecule has 1 atom stereocenters. The fourth-order valence-electron chi connectivity index (χ4n) is 2.74. The molecule has 1 aliphatic rings. The van der Waals surface area contributed by atoms with Crippen LogP contribution in [0.2, 0.25) is 0 Å². The van der Waals surface area contributed by atoms with Crippen molar-refractivity contribution in [2.75, 3.05) is 7.11 Å². The molecule has 0 aromatic carbocycles. The zero-order valence-electron chi connectivity index (χ0n) is 12.5. The normalized spacial score (nSPS) is 22.0. The summed E-state index contributed by atoms with van der Waals surface area (Å²) in [5.74, 6) is 0.381. The SMILES string of the molecule is COc1ccc(C(=O)NC(c2cnn(C)c2)C2CC(O)C2)o1. The molecular weight excluding hydrogens is 286 g/mol. The van der Waals surface area contributed by atoms with E-state index < -0.39 is 0 Å². The first kappa shape index (κ1) is 14.6. The Morgan fingerprint density at radius 1 is 1.55 bits per heavy atom. The van der Waals surface area contributed by atoms with Crippen LogP contribution in [-0.4, -0.2) is 34.0 Å². The van der Waals surface area contributed by atoms with Crippen molar-refractivity contribution in [1.29, 1.82) is 0 Å². The Morgan fingerprint density at radius 3 is 2.86 bits per heavy atom. The summed E-state index contributed by atoms with van der Waals surface area (Å²) in [5.41, 5.74) is 0.922. The van der Waals surface area contributed by atoms with E-state index in [-0.39, 0.29) is 29.7 Å². The third kappa shape index (κ3) is 2.85. The molecule has 1 fully saturated rings. The molecule has 2 heterocycles. The number of carbonyl (C=O) groups excluding carboxylic acids is 1. The van der Waals surface area contributed by atoms with E-state index in [4.69, 9.17) is 9.15 Å². The highest BCUT2D eigenvalue weighted by atomic mass is 16.6. The second-order valence-electron chi connectivity index (χ2n) is 5.61. The number of methoxy groups -OCH3 is 1. The molecule has 1 unspecified atom stereocenters. The number of hydrogen-bond acceptors (Lipinski definition) is 5. The maximum absolute atomic E-state index is 12.3. The smallest absolute Gasteiger partial charge is 0.287 e. The standard InChI is InChI=1S/C15H19N3O4/c1-18-8-10(7-16-18)14(9-5-11(19)6-9)17-15(20)12-3-4-13(21-2)22-12/h3-4,7-9,11,14,19H,5-6H2,1-2H3,(H,17,20). The minimum atomic E-state index is -0.307. The zero-order chi connectivity index (χ0) is 15.7. The molecule has 0 spiro atoms. The number of ether oxygens (including phenoxy) is 1. The average molecular weight is 305 g/mol. The lowest BCUT2D eigenvalue weighted by atomic mass is 9.75. The van der Waals surface area contributed by atoms with Gasteiger partial charge in [0.15, 0.2) is 5.76 Å². The molecule has 118 valence electrons. The van der Waals surface area contributed by atoms with Crippen LogP contribution in [0.3, 0.4) is 0 Å². The van der Waals surface area contributed by atoms with E-state index in [0.717, 1.165) is 5.56 Å². The maximum atomic E-state index is 12.3. The topological polar surface area (TPSA) is 89.5 Å². The van der Waals surface area contributed by atoms with Crippen molar-refractivity contribution in [2.24, 2.45) is 13.0 Å². The van der Waals surface area contributed by atoms with Crippen LogP contribution in [0.4, 0.5) is 0 Å². The number of aliphatic hydroxyl groups excluding tert-OH is 1. The third-order valence-corrected chi connectivity index (χ3v) is 4.00. The molecule has 1 aliphatic carbocycles. The summed E-state index contributed by atoms with van der Waals surface area (Å²) in [6, 6.07) is 2.98. The van der Waals surface area contributed by atoms with E-state index in [1.54, 1.807) is 23.0 Å². The first-order valence-corrected chi connectivity index (χ1v) is 7.18. The van der Waals surface area contributed by atoms with Gasteiger partial charge in [-0.3, -0.25) is 9.48 Å². The number of aromatic nitrogens is 2. The molecule has 1 saturated carbocycles. The predicted molar refractivity (Wildman–Crippen MR) is 77.4 cm³/mol. The van der Waals surface area contributed by atoms with Gasteiger partial charge < -0.3 is 19.6 Å². The number of aliphatic hydroxyl groups is 1. The van der Waals surface area contributed by atoms with Crippen LogP contribution in [0, 0.1) is 5.92 Å². The highest BCUT2D eigenvalue weighted by Gasteiger charge is 2.36. The average Bonchev–Trinajstić information content (AvgIpc) is 3.10. The number of carbonyl (C=O) groups is 1.